The molecule has 3 N–H and O–H groups in total. The number of carboxylic acids is 1. The molecule has 4 rings (SSSR count). The summed E-state index contributed by atoms with van der Waals surface area (Å²) >= 11 is 5.92. The lowest BCUT2D eigenvalue weighted by atomic mass is 9.85. The normalized spacial score (nSPS) is 16.1. The van der Waals surface area contributed by atoms with Crippen molar-refractivity contribution in [1.82, 2.24) is 5.32 Å². The molecule has 1 aliphatic rings. The number of carboxylic acid groups (broad SMARTS) is 1. The molecule has 0 unspecified atom stereocenters. The second-order valence-corrected chi connectivity index (χ2v) is 8.19. The van der Waals surface area contributed by atoms with E-state index in [0.717, 1.165) is 36.0 Å². The topological polar surface area (TPSA) is 69.6 Å². The molecule has 0 radical (unpaired) electrons. The molecule has 0 bridgehead atoms. The smallest absolute Gasteiger partial charge is 0.336 e. The van der Waals surface area contributed by atoms with Gasteiger partial charge in [0.1, 0.15) is 0 Å². The maximum Gasteiger partial charge on any atom is 0.336 e. The van der Waals surface area contributed by atoms with Crippen LogP contribution < -0.4 is 5.32 Å². The van der Waals surface area contributed by atoms with Gasteiger partial charge in [-0.1, -0.05) is 60.1 Å². The highest BCUT2D eigenvalue weighted by atomic mass is 35.5. The van der Waals surface area contributed by atoms with Gasteiger partial charge in [0.05, 0.1) is 11.7 Å². The minimum absolute atomic E-state index is 0. The van der Waals surface area contributed by atoms with Gasteiger partial charge in [-0.25, -0.2) is 4.79 Å². The Kier molecular flexibility index (Phi) is 7.74. The first-order chi connectivity index (χ1) is 14.5. The molecule has 0 fully saturated rings. The average Bonchev–Trinajstić information content (AvgIpc) is 2.77. The molecule has 3 aromatic rings. The maximum atomic E-state index is 11.6. The highest BCUT2D eigenvalue weighted by Gasteiger charge is 2.21. The highest BCUT2D eigenvalue weighted by molar-refractivity contribution is 6.30. The number of fused-ring (bicyclic) bond motifs is 1. The summed E-state index contributed by atoms with van der Waals surface area (Å²) in [4.78, 5) is 11.6. The van der Waals surface area contributed by atoms with Crippen molar-refractivity contribution >= 4 is 30.0 Å². The van der Waals surface area contributed by atoms with Gasteiger partial charge in [0.15, 0.2) is 0 Å². The Morgan fingerprint density at radius 2 is 1.81 bits per heavy atom. The molecule has 3 aromatic carbocycles. The molecule has 162 valence electrons. The molecule has 0 saturated heterocycles. The predicted molar refractivity (Wildman–Crippen MR) is 126 cm³/mol. The number of hydrogen-bond acceptors (Lipinski definition) is 3. The molecule has 0 heterocycles. The third-order valence-corrected chi connectivity index (χ3v) is 6.01. The number of aryl methyl sites for hydroxylation is 1. The standard InChI is InChI=1S/C25H24ClNO3.ClH/c26-20-10-7-17(8-11-20)24(28)15-27-21-12-9-16-5-6-18(13-19(16)14-21)22-3-1-2-4-23(22)25(29)30;/h1-8,10-11,13,21,24,27-28H,9,12,14-15H2,(H,29,30);1H/t21-,24-;/m0./s1. The number of aliphatic hydroxyl groups excluding tert-OH is 1. The van der Waals surface area contributed by atoms with E-state index < -0.39 is 12.1 Å². The largest absolute Gasteiger partial charge is 0.478 e. The lowest BCUT2D eigenvalue weighted by Gasteiger charge is -2.27. The summed E-state index contributed by atoms with van der Waals surface area (Å²) < 4.78 is 0. The fourth-order valence-corrected chi connectivity index (χ4v) is 4.23. The predicted octanol–water partition coefficient (Wildman–Crippen LogP) is 5.31. The van der Waals surface area contributed by atoms with Crippen LogP contribution in [-0.2, 0) is 12.8 Å². The van der Waals surface area contributed by atoms with Crippen LogP contribution in [0.2, 0.25) is 5.02 Å². The van der Waals surface area contributed by atoms with E-state index in [1.54, 1.807) is 24.3 Å². The Labute approximate surface area is 193 Å². The van der Waals surface area contributed by atoms with E-state index in [9.17, 15) is 15.0 Å². The summed E-state index contributed by atoms with van der Waals surface area (Å²) in [5.41, 5.74) is 5.36. The van der Waals surface area contributed by atoms with E-state index in [4.69, 9.17) is 11.6 Å². The fraction of sp³-hybridized carbons (Fsp3) is 0.240. The molecule has 0 aliphatic heterocycles. The number of aromatic carboxylic acids is 1. The van der Waals surface area contributed by atoms with Crippen molar-refractivity contribution in [3.8, 4) is 11.1 Å². The summed E-state index contributed by atoms with van der Waals surface area (Å²) in [6.45, 7) is 0.475. The fourth-order valence-electron chi connectivity index (χ4n) is 4.10. The zero-order valence-corrected chi connectivity index (χ0v) is 18.5. The van der Waals surface area contributed by atoms with Gasteiger partial charge >= 0.3 is 5.97 Å². The highest BCUT2D eigenvalue weighted by Crippen LogP contribution is 2.30. The Bertz CT molecular complexity index is 1050. The summed E-state index contributed by atoms with van der Waals surface area (Å²) in [6.07, 6.45) is 2.24. The van der Waals surface area contributed by atoms with Crippen molar-refractivity contribution in [1.29, 1.82) is 0 Å². The quantitative estimate of drug-likeness (QED) is 0.469. The molecular weight excluding hydrogens is 433 g/mol. The molecule has 0 spiro atoms. The van der Waals surface area contributed by atoms with Crippen molar-refractivity contribution in [3.05, 3.63) is 94.0 Å². The second-order valence-electron chi connectivity index (χ2n) is 7.75. The number of nitrogens with one attached hydrogen (secondary N) is 1. The SMILES string of the molecule is Cl.O=C(O)c1ccccc1-c1ccc2c(c1)C[C@@H](NC[C@H](O)c1ccc(Cl)cc1)CC2. The van der Waals surface area contributed by atoms with Crippen molar-refractivity contribution in [2.45, 2.75) is 31.4 Å². The summed E-state index contributed by atoms with van der Waals surface area (Å²) in [7, 11) is 0. The Morgan fingerprint density at radius 3 is 2.55 bits per heavy atom. The van der Waals surface area contributed by atoms with E-state index in [0.29, 0.717) is 17.1 Å². The van der Waals surface area contributed by atoms with Gasteiger partial charge in [0.25, 0.3) is 0 Å². The number of halogens is 2. The zero-order chi connectivity index (χ0) is 21.1. The first-order valence-corrected chi connectivity index (χ1v) is 10.5. The van der Waals surface area contributed by atoms with Crippen LogP contribution in [0.5, 0.6) is 0 Å². The molecule has 6 heteroatoms. The van der Waals surface area contributed by atoms with Gasteiger partial charge in [0.2, 0.25) is 0 Å². The average molecular weight is 458 g/mol. The number of benzene rings is 3. The number of carbonyl (C=O) groups is 1. The van der Waals surface area contributed by atoms with Crippen molar-refractivity contribution in [2.75, 3.05) is 6.54 Å². The van der Waals surface area contributed by atoms with Crippen LogP contribution in [0.15, 0.2) is 66.7 Å². The van der Waals surface area contributed by atoms with Crippen molar-refractivity contribution < 1.29 is 15.0 Å². The van der Waals surface area contributed by atoms with Crippen LogP contribution in [0.4, 0.5) is 0 Å². The van der Waals surface area contributed by atoms with Crippen molar-refractivity contribution in [2.24, 2.45) is 0 Å². The molecule has 31 heavy (non-hydrogen) atoms. The van der Waals surface area contributed by atoms with E-state index in [1.165, 1.54) is 11.1 Å². The van der Waals surface area contributed by atoms with Gasteiger partial charge in [-0.2, -0.15) is 0 Å². The second kappa shape index (κ2) is 10.3. The lowest BCUT2D eigenvalue weighted by molar-refractivity contribution is 0.0697. The number of aliphatic hydroxyl groups is 1. The van der Waals surface area contributed by atoms with Gasteiger partial charge in [-0.3, -0.25) is 0 Å². The van der Waals surface area contributed by atoms with E-state index in [1.807, 2.05) is 30.3 Å². The summed E-state index contributed by atoms with van der Waals surface area (Å²) in [5, 5.41) is 24.1. The monoisotopic (exact) mass is 457 g/mol. The Morgan fingerprint density at radius 1 is 1.06 bits per heavy atom. The summed E-state index contributed by atoms with van der Waals surface area (Å²) in [6, 6.07) is 20.9. The van der Waals surface area contributed by atoms with Gasteiger partial charge in [-0.05, 0) is 65.3 Å². The zero-order valence-electron chi connectivity index (χ0n) is 16.9. The van der Waals surface area contributed by atoms with Crippen LogP contribution in [0.25, 0.3) is 11.1 Å². The van der Waals surface area contributed by atoms with Crippen LogP contribution in [0.3, 0.4) is 0 Å². The van der Waals surface area contributed by atoms with Crippen LogP contribution in [-0.4, -0.2) is 28.8 Å². The van der Waals surface area contributed by atoms with E-state index >= 15 is 0 Å². The van der Waals surface area contributed by atoms with Gasteiger partial charge < -0.3 is 15.5 Å². The number of hydrogen-bond donors (Lipinski definition) is 3. The molecule has 0 aromatic heterocycles. The first-order valence-electron chi connectivity index (χ1n) is 10.1. The minimum Gasteiger partial charge on any atom is -0.478 e. The molecule has 0 amide bonds. The lowest BCUT2D eigenvalue weighted by Crippen LogP contribution is -2.37. The summed E-state index contributed by atoms with van der Waals surface area (Å²) in [5.74, 6) is -0.918. The molecule has 0 saturated carbocycles. The molecule has 1 aliphatic carbocycles. The van der Waals surface area contributed by atoms with Crippen molar-refractivity contribution in [3.63, 3.8) is 0 Å². The Balaban J connectivity index is 0.00000272. The van der Waals surface area contributed by atoms with Gasteiger partial charge in [-0.15, -0.1) is 12.4 Å². The van der Waals surface area contributed by atoms with E-state index in [-0.39, 0.29) is 18.4 Å². The first kappa shape index (κ1) is 23.3. The molecule has 2 atom stereocenters. The molecule has 4 nitrogen and oxygen atoms in total. The van der Waals surface area contributed by atoms with Crippen LogP contribution in [0.1, 0.15) is 39.6 Å². The number of rotatable bonds is 6. The van der Waals surface area contributed by atoms with Crippen LogP contribution >= 0.6 is 24.0 Å². The Hall–Kier alpha value is -2.37. The van der Waals surface area contributed by atoms with Gasteiger partial charge in [0, 0.05) is 17.6 Å². The van der Waals surface area contributed by atoms with Crippen LogP contribution in [0, 0.1) is 0 Å². The minimum atomic E-state index is -0.918. The maximum absolute atomic E-state index is 11.6. The third kappa shape index (κ3) is 5.46. The third-order valence-electron chi connectivity index (χ3n) is 5.76. The molecular formula is C25H25Cl2NO3. The van der Waals surface area contributed by atoms with E-state index in [2.05, 4.69) is 17.4 Å².